The van der Waals surface area contributed by atoms with E-state index >= 15 is 0 Å². The van der Waals surface area contributed by atoms with Gasteiger partial charge in [0, 0.05) is 0 Å². The quantitative estimate of drug-likeness (QED) is 0.867. The Balaban J connectivity index is 1.65. The molecular weight excluding hydrogens is 327 g/mol. The second-order valence-corrected chi connectivity index (χ2v) is 9.01. The Hall–Kier alpha value is -1.12. The summed E-state index contributed by atoms with van der Waals surface area (Å²) in [5.74, 6) is 0.309. The van der Waals surface area contributed by atoms with Crippen molar-refractivity contribution in [3.05, 3.63) is 65.7 Å². The molecule has 2 fully saturated rings. The van der Waals surface area contributed by atoms with Crippen LogP contribution in [0.15, 0.2) is 54.6 Å². The molecule has 1 aliphatic heterocycles. The van der Waals surface area contributed by atoms with Gasteiger partial charge in [0.25, 0.3) is 0 Å². The molecule has 1 aliphatic carbocycles. The molecule has 2 aromatic carbocycles. The first-order valence-corrected chi connectivity index (χ1v) is 9.04. The Morgan fingerprint density at radius 3 is 2.48 bits per heavy atom. The number of rotatable bonds is 3. The molecule has 2 aliphatic rings. The molecule has 4 rings (SSSR count). The van der Waals surface area contributed by atoms with Crippen LogP contribution in [0, 0.1) is 12.8 Å². The predicted octanol–water partition coefficient (Wildman–Crippen LogP) is 2.59. The first-order valence-electron chi connectivity index (χ1n) is 7.33. The molecular formula is C18H18O2Se. The van der Waals surface area contributed by atoms with Gasteiger partial charge in [0.1, 0.15) is 0 Å². The van der Waals surface area contributed by atoms with Crippen molar-refractivity contribution in [3.8, 4) is 0 Å². The van der Waals surface area contributed by atoms with Crippen molar-refractivity contribution in [1.82, 2.24) is 0 Å². The van der Waals surface area contributed by atoms with Crippen LogP contribution in [0.2, 0.25) is 4.31 Å². The topological polar surface area (TPSA) is 29.5 Å². The van der Waals surface area contributed by atoms with Crippen LogP contribution in [-0.4, -0.2) is 26.4 Å². The first kappa shape index (κ1) is 13.5. The number of benzene rings is 2. The molecule has 0 spiro atoms. The summed E-state index contributed by atoms with van der Waals surface area (Å²) in [6.45, 7) is 2.09. The van der Waals surface area contributed by atoms with Gasteiger partial charge in [-0.05, 0) is 0 Å². The maximum atomic E-state index is 10.2. The molecule has 0 radical (unpaired) electrons. The third-order valence-electron chi connectivity index (χ3n) is 4.50. The number of aryl methyl sites for hydroxylation is 1. The van der Waals surface area contributed by atoms with Crippen LogP contribution in [-0.2, 0) is 4.74 Å². The number of ether oxygens (including phenoxy) is 1. The van der Waals surface area contributed by atoms with Crippen LogP contribution >= 0.6 is 0 Å². The molecule has 1 heterocycles. The molecule has 1 saturated heterocycles. The van der Waals surface area contributed by atoms with Crippen molar-refractivity contribution in [1.29, 1.82) is 0 Å². The van der Waals surface area contributed by atoms with Crippen molar-refractivity contribution in [3.63, 3.8) is 0 Å². The van der Waals surface area contributed by atoms with Gasteiger partial charge in [0.2, 0.25) is 0 Å². The van der Waals surface area contributed by atoms with E-state index in [-0.39, 0.29) is 10.4 Å². The molecule has 1 saturated carbocycles. The number of fused-ring (bicyclic) bond motifs is 1. The van der Waals surface area contributed by atoms with Crippen LogP contribution in [0.3, 0.4) is 0 Å². The van der Waals surface area contributed by atoms with E-state index in [4.69, 9.17) is 4.74 Å². The van der Waals surface area contributed by atoms with Gasteiger partial charge < -0.3 is 0 Å². The van der Waals surface area contributed by atoms with Crippen LogP contribution in [0.5, 0.6) is 0 Å². The average molecular weight is 345 g/mol. The van der Waals surface area contributed by atoms with Crippen molar-refractivity contribution in [2.24, 2.45) is 5.92 Å². The predicted molar refractivity (Wildman–Crippen MR) is 83.6 cm³/mol. The summed E-state index contributed by atoms with van der Waals surface area (Å²) < 4.78 is 7.43. The van der Waals surface area contributed by atoms with Crippen LogP contribution in [0.1, 0.15) is 23.7 Å². The zero-order chi connectivity index (χ0) is 14.4. The third kappa shape index (κ3) is 2.25. The Morgan fingerprint density at radius 1 is 1.10 bits per heavy atom. The van der Waals surface area contributed by atoms with Gasteiger partial charge in [0.05, 0.1) is 0 Å². The van der Waals surface area contributed by atoms with Crippen molar-refractivity contribution in [2.45, 2.75) is 30.1 Å². The minimum absolute atomic E-state index is 0.0401. The second-order valence-electron chi connectivity index (χ2n) is 6.00. The molecule has 0 aromatic heterocycles. The Kier molecular flexibility index (Phi) is 3.20. The SMILES string of the molecule is Cc1ccc([C@H]2O[C@H](O)[C@H]3C[C@@]23[Se]c2ccccc2)cc1. The molecule has 4 atom stereocenters. The molecule has 2 nitrogen and oxygen atoms in total. The van der Waals surface area contributed by atoms with Crippen molar-refractivity contribution >= 4 is 19.4 Å². The molecule has 0 bridgehead atoms. The van der Waals surface area contributed by atoms with E-state index in [0.717, 1.165) is 6.42 Å². The Bertz CT molecular complexity index is 640. The zero-order valence-corrected chi connectivity index (χ0v) is 13.6. The van der Waals surface area contributed by atoms with Gasteiger partial charge in [-0.2, -0.15) is 0 Å². The van der Waals surface area contributed by atoms with E-state index in [0.29, 0.717) is 20.9 Å². The van der Waals surface area contributed by atoms with E-state index in [1.165, 1.54) is 15.6 Å². The fourth-order valence-electron chi connectivity index (χ4n) is 3.26. The summed E-state index contributed by atoms with van der Waals surface area (Å²) in [6, 6.07) is 19.2. The fourth-order valence-corrected chi connectivity index (χ4v) is 6.53. The van der Waals surface area contributed by atoms with Gasteiger partial charge >= 0.3 is 131 Å². The zero-order valence-electron chi connectivity index (χ0n) is 11.9. The minimum atomic E-state index is -0.595. The summed E-state index contributed by atoms with van der Waals surface area (Å²) in [5, 5.41) is 10.2. The first-order chi connectivity index (χ1) is 10.2. The van der Waals surface area contributed by atoms with Crippen LogP contribution < -0.4 is 4.46 Å². The number of hydrogen-bond acceptors (Lipinski definition) is 2. The van der Waals surface area contributed by atoms with Gasteiger partial charge in [-0.25, -0.2) is 0 Å². The van der Waals surface area contributed by atoms with Gasteiger partial charge in [-0.1, -0.05) is 0 Å². The number of hydrogen-bond donors (Lipinski definition) is 1. The van der Waals surface area contributed by atoms with E-state index < -0.39 is 6.29 Å². The Labute approximate surface area is 131 Å². The molecule has 2 aromatic rings. The number of aliphatic hydroxyl groups excluding tert-OH is 1. The standard InChI is InChI=1S/C18H18O2Se/c1-12-7-9-13(10-8-12)16-18(11-15(18)17(19)20-16)21-14-5-3-2-4-6-14/h2-10,15-17,19H,11H2,1H3/t15-,16-,17+,18+/m1/s1. The van der Waals surface area contributed by atoms with E-state index in [1.54, 1.807) is 0 Å². The Morgan fingerprint density at radius 2 is 1.81 bits per heavy atom. The third-order valence-corrected chi connectivity index (χ3v) is 7.80. The molecule has 1 N–H and O–H groups in total. The van der Waals surface area contributed by atoms with Gasteiger partial charge in [0.15, 0.2) is 0 Å². The van der Waals surface area contributed by atoms with Gasteiger partial charge in [-0.15, -0.1) is 0 Å². The number of aliphatic hydroxyl groups is 1. The normalized spacial score (nSPS) is 33.7. The molecule has 0 amide bonds. The summed E-state index contributed by atoms with van der Waals surface area (Å²) in [6.07, 6.45) is 0.530. The average Bonchev–Trinajstić information content (AvgIpc) is 3.15. The van der Waals surface area contributed by atoms with E-state index in [9.17, 15) is 5.11 Å². The molecule has 0 unspecified atom stereocenters. The summed E-state index contributed by atoms with van der Waals surface area (Å²) in [5.41, 5.74) is 2.46. The van der Waals surface area contributed by atoms with Crippen LogP contribution in [0.25, 0.3) is 0 Å². The monoisotopic (exact) mass is 346 g/mol. The van der Waals surface area contributed by atoms with Gasteiger partial charge in [-0.3, -0.25) is 0 Å². The van der Waals surface area contributed by atoms with Crippen molar-refractivity contribution < 1.29 is 9.84 Å². The summed E-state index contributed by atoms with van der Waals surface area (Å²) >= 11 is 0.325. The molecule has 21 heavy (non-hydrogen) atoms. The van der Waals surface area contributed by atoms with E-state index in [2.05, 4.69) is 61.5 Å². The molecule has 108 valence electrons. The summed E-state index contributed by atoms with van der Waals surface area (Å²) in [4.78, 5) is 0. The second kappa shape index (κ2) is 4.96. The fraction of sp³-hybridized carbons (Fsp3) is 0.333. The van der Waals surface area contributed by atoms with Crippen molar-refractivity contribution in [2.75, 3.05) is 0 Å². The van der Waals surface area contributed by atoms with Crippen LogP contribution in [0.4, 0.5) is 0 Å². The maximum absolute atomic E-state index is 10.2. The molecule has 3 heteroatoms. The van der Waals surface area contributed by atoms with E-state index in [1.807, 2.05) is 0 Å². The summed E-state index contributed by atoms with van der Waals surface area (Å²) in [7, 11) is 0.